The maximum absolute atomic E-state index is 7.24. The first-order valence-corrected chi connectivity index (χ1v) is 27.6. The van der Waals surface area contributed by atoms with Gasteiger partial charge in [-0.1, -0.05) is 159 Å². The minimum absolute atomic E-state index is 0.0171. The van der Waals surface area contributed by atoms with Crippen LogP contribution in [0.4, 0.5) is 11.4 Å². The van der Waals surface area contributed by atoms with E-state index in [-0.39, 0.29) is 44.8 Å². The third kappa shape index (κ3) is 5.90. The van der Waals surface area contributed by atoms with Crippen molar-refractivity contribution in [1.82, 2.24) is 4.57 Å². The van der Waals surface area contributed by atoms with Crippen LogP contribution in [0.3, 0.4) is 0 Å². The van der Waals surface area contributed by atoms with Gasteiger partial charge < -0.3 is 13.8 Å². The molecular weight excluding hydrogens is 884 g/mol. The van der Waals surface area contributed by atoms with Gasteiger partial charge in [0.1, 0.15) is 11.2 Å². The Hall–Kier alpha value is -6.00. The molecular formula is C69H73BN2O. The molecule has 0 radical (unpaired) electrons. The van der Waals surface area contributed by atoms with Crippen molar-refractivity contribution >= 4 is 72.9 Å². The van der Waals surface area contributed by atoms with Crippen LogP contribution in [0.25, 0.3) is 71.7 Å². The van der Waals surface area contributed by atoms with Gasteiger partial charge >= 0.3 is 6.85 Å². The molecule has 0 bridgehead atoms. The van der Waals surface area contributed by atoms with Crippen LogP contribution in [-0.2, 0) is 37.9 Å². The van der Waals surface area contributed by atoms with Crippen molar-refractivity contribution in [3.05, 3.63) is 148 Å². The number of benzene rings is 7. The lowest BCUT2D eigenvalue weighted by Crippen LogP contribution is -2.61. The molecule has 0 amide bonds. The molecule has 0 unspecified atom stereocenters. The Morgan fingerprint density at radius 1 is 0.493 bits per heavy atom. The first kappa shape index (κ1) is 45.6. The quantitative estimate of drug-likeness (QED) is 0.153. The molecule has 4 heteroatoms. The van der Waals surface area contributed by atoms with Crippen molar-refractivity contribution in [2.24, 2.45) is 0 Å². The smallest absolute Gasteiger partial charge is 0.333 e. The monoisotopic (exact) mass is 957 g/mol. The minimum atomic E-state index is -0.288. The van der Waals surface area contributed by atoms with Gasteiger partial charge in [-0.2, -0.15) is 0 Å². The molecule has 0 saturated heterocycles. The highest BCUT2D eigenvalue weighted by molar-refractivity contribution is 6.94. The number of nitrogens with zero attached hydrogens (tertiary/aromatic N) is 2. The van der Waals surface area contributed by atoms with Crippen molar-refractivity contribution in [2.75, 3.05) is 4.81 Å². The molecule has 368 valence electrons. The van der Waals surface area contributed by atoms with Gasteiger partial charge in [0.15, 0.2) is 0 Å². The molecule has 14 rings (SSSR count). The van der Waals surface area contributed by atoms with Gasteiger partial charge in [-0.3, -0.25) is 0 Å². The van der Waals surface area contributed by atoms with Gasteiger partial charge in [-0.15, -0.1) is 0 Å². The Bertz CT molecular complexity index is 3960. The van der Waals surface area contributed by atoms with Crippen molar-refractivity contribution in [3.63, 3.8) is 0 Å². The zero-order valence-corrected chi connectivity index (χ0v) is 46.5. The summed E-state index contributed by atoms with van der Waals surface area (Å²) in [5, 5.41) is 5.23. The predicted octanol–water partition coefficient (Wildman–Crippen LogP) is 17.5. The first-order valence-electron chi connectivity index (χ1n) is 27.6. The van der Waals surface area contributed by atoms with Crippen LogP contribution in [-0.4, -0.2) is 11.4 Å². The zero-order chi connectivity index (χ0) is 51.2. The van der Waals surface area contributed by atoms with Gasteiger partial charge in [-0.05, 0) is 179 Å². The van der Waals surface area contributed by atoms with Crippen LogP contribution in [0.2, 0.25) is 0 Å². The molecule has 2 aliphatic heterocycles. The fraction of sp³-hybridized carbons (Fsp3) is 0.391. The van der Waals surface area contributed by atoms with Crippen LogP contribution in [0.1, 0.15) is 181 Å². The summed E-state index contributed by atoms with van der Waals surface area (Å²) in [5.74, 6) is 0. The lowest BCUT2D eigenvalue weighted by atomic mass is 9.43. The number of hydrogen-bond acceptors (Lipinski definition) is 2. The highest BCUT2D eigenvalue weighted by Gasteiger charge is 2.51. The van der Waals surface area contributed by atoms with E-state index >= 15 is 0 Å². The lowest BCUT2D eigenvalue weighted by Gasteiger charge is -2.44. The Balaban J connectivity index is 1.22. The number of anilines is 2. The third-order valence-corrected chi connectivity index (χ3v) is 19.8. The van der Waals surface area contributed by atoms with Gasteiger partial charge in [0.05, 0.1) is 11.0 Å². The van der Waals surface area contributed by atoms with Crippen LogP contribution in [0.5, 0.6) is 0 Å². The van der Waals surface area contributed by atoms with Crippen LogP contribution in [0, 0.1) is 0 Å². The number of rotatable bonds is 1. The summed E-state index contributed by atoms with van der Waals surface area (Å²) in [6.45, 7) is 38.7. The molecule has 73 heavy (non-hydrogen) atoms. The summed E-state index contributed by atoms with van der Waals surface area (Å²) >= 11 is 0. The molecule has 4 heterocycles. The van der Waals surface area contributed by atoms with Crippen LogP contribution in [0.15, 0.2) is 108 Å². The van der Waals surface area contributed by atoms with Gasteiger partial charge in [-0.25, -0.2) is 0 Å². The first-order chi connectivity index (χ1) is 34.2. The molecule has 7 aromatic carbocycles. The molecule has 0 N–H and O–H groups in total. The van der Waals surface area contributed by atoms with E-state index in [4.69, 9.17) is 4.42 Å². The largest absolute Gasteiger partial charge is 0.456 e. The van der Waals surface area contributed by atoms with Gasteiger partial charge in [0.2, 0.25) is 0 Å². The fourth-order valence-electron chi connectivity index (χ4n) is 15.1. The van der Waals surface area contributed by atoms with Crippen molar-refractivity contribution in [1.29, 1.82) is 0 Å². The summed E-state index contributed by atoms with van der Waals surface area (Å²) in [5.41, 5.74) is 28.1. The maximum atomic E-state index is 7.24. The van der Waals surface area contributed by atoms with Gasteiger partial charge in [0.25, 0.3) is 0 Å². The molecule has 0 saturated carbocycles. The van der Waals surface area contributed by atoms with E-state index in [9.17, 15) is 0 Å². The molecule has 0 spiro atoms. The second-order valence-electron chi connectivity index (χ2n) is 28.7. The second kappa shape index (κ2) is 13.8. The second-order valence-corrected chi connectivity index (χ2v) is 28.7. The van der Waals surface area contributed by atoms with Crippen molar-refractivity contribution in [2.45, 2.75) is 174 Å². The van der Waals surface area contributed by atoms with Crippen molar-refractivity contribution in [3.8, 4) is 27.9 Å². The average Bonchev–Trinajstić information content (AvgIpc) is 3.94. The van der Waals surface area contributed by atoms with E-state index in [0.29, 0.717) is 0 Å². The summed E-state index contributed by atoms with van der Waals surface area (Å²) in [7, 11) is 0. The van der Waals surface area contributed by atoms with Gasteiger partial charge in [0, 0.05) is 55.7 Å². The summed E-state index contributed by atoms with van der Waals surface area (Å²) < 4.78 is 9.99. The standard InChI is InChI=1S/C69H73BN2O/c1-63(2,3)38-21-24-40(25-22-38)72-54-37-56-42(43-33-47-50(36-55(43)73-56)68(13,14)30-28-65(47,7)8)32-44(54)59-60-57(41-19-17-18-20-46(41)69(60,15)16)58-45-34-48-49(67(11,12)29-27-66(48,9)10)35-53(45)71-52-26-23-39(64(4,5)6)31-51(52)70(72)61(59)62(58)71/h17-26,31-37H,27-30H2,1-16H3. The fourth-order valence-corrected chi connectivity index (χ4v) is 15.1. The third-order valence-electron chi connectivity index (χ3n) is 19.8. The normalized spacial score (nSPS) is 19.2. The van der Waals surface area contributed by atoms with Crippen LogP contribution >= 0.6 is 0 Å². The Labute approximate surface area is 434 Å². The van der Waals surface area contributed by atoms with E-state index in [2.05, 4.69) is 223 Å². The van der Waals surface area contributed by atoms with E-state index in [1.807, 2.05) is 0 Å². The highest BCUT2D eigenvalue weighted by Crippen LogP contribution is 2.61. The zero-order valence-electron chi connectivity index (χ0n) is 46.5. The van der Waals surface area contributed by atoms with Crippen LogP contribution < -0.4 is 15.7 Å². The molecule has 9 aromatic rings. The Morgan fingerprint density at radius 3 is 1.67 bits per heavy atom. The minimum Gasteiger partial charge on any atom is -0.456 e. The summed E-state index contributed by atoms with van der Waals surface area (Å²) in [4.78, 5) is 2.73. The highest BCUT2D eigenvalue weighted by atomic mass is 16.3. The maximum Gasteiger partial charge on any atom is 0.333 e. The number of furan rings is 1. The molecule has 3 nitrogen and oxygen atoms in total. The number of aromatic nitrogens is 1. The number of hydrogen-bond donors (Lipinski definition) is 0. The summed E-state index contributed by atoms with van der Waals surface area (Å²) in [6.07, 6.45) is 4.69. The predicted molar refractivity (Wildman–Crippen MR) is 313 cm³/mol. The SMILES string of the molecule is CC(C)(C)c1ccc(N2B3c4cc(C(C)(C)C)ccc4-n4c5cc6c(cc5c5c7c(c(c3c54)-c3cc4c(cc32)oc2cc3c(cc24)C(C)(C)CCC3(C)C)C(C)(C)c2ccccc2-7)C(C)(C)CCC6(C)C)cc1. The molecule has 5 aliphatic rings. The molecule has 3 aliphatic carbocycles. The average molecular weight is 957 g/mol. The van der Waals surface area contributed by atoms with Crippen molar-refractivity contribution < 1.29 is 4.42 Å². The van der Waals surface area contributed by atoms with E-state index < -0.39 is 0 Å². The van der Waals surface area contributed by atoms with E-state index in [1.165, 1.54) is 153 Å². The summed E-state index contributed by atoms with van der Waals surface area (Å²) in [6, 6.07) is 41.8. The van der Waals surface area contributed by atoms with E-state index in [1.54, 1.807) is 0 Å². The molecule has 2 aromatic heterocycles. The molecule has 0 atom stereocenters. The Morgan fingerprint density at radius 2 is 1.04 bits per heavy atom. The topological polar surface area (TPSA) is 21.3 Å². The van der Waals surface area contributed by atoms with E-state index in [0.717, 1.165) is 11.2 Å². The molecule has 0 fully saturated rings. The Kier molecular flexibility index (Phi) is 8.64. The lowest BCUT2D eigenvalue weighted by molar-refractivity contribution is 0.332. The number of fused-ring (bicyclic) bond motifs is 18.